The van der Waals surface area contributed by atoms with Crippen molar-refractivity contribution >= 4 is 5.78 Å². The quantitative estimate of drug-likeness (QED) is 0.828. The van der Waals surface area contributed by atoms with E-state index in [9.17, 15) is 14.3 Å². The van der Waals surface area contributed by atoms with E-state index < -0.39 is 5.82 Å². The fourth-order valence-corrected chi connectivity index (χ4v) is 2.52. The van der Waals surface area contributed by atoms with E-state index in [0.717, 1.165) is 13.0 Å². The number of hydrogen-bond acceptors (Lipinski definition) is 3. The first-order chi connectivity index (χ1) is 8.61. The molecule has 0 amide bonds. The number of hydrogen-bond donors (Lipinski definition) is 1. The number of carbonyl (C=O) groups is 1. The van der Waals surface area contributed by atoms with E-state index in [1.165, 1.54) is 12.1 Å². The predicted octanol–water partition coefficient (Wildman–Crippen LogP) is 1.71. The maximum absolute atomic E-state index is 13.0. The first-order valence-electron chi connectivity index (χ1n) is 6.25. The van der Waals surface area contributed by atoms with Crippen LogP contribution in [0.1, 0.15) is 23.7 Å². The summed E-state index contributed by atoms with van der Waals surface area (Å²) in [5, 5.41) is 9.32. The van der Waals surface area contributed by atoms with Crippen LogP contribution >= 0.6 is 0 Å². The van der Waals surface area contributed by atoms with Crippen LogP contribution in [0.3, 0.4) is 0 Å². The number of rotatable bonds is 4. The molecule has 0 saturated carbocycles. The normalized spacial score (nSPS) is 24.4. The third kappa shape index (κ3) is 2.76. The molecule has 1 aromatic rings. The van der Waals surface area contributed by atoms with E-state index in [-0.39, 0.29) is 25.0 Å². The molecule has 0 aliphatic carbocycles. The largest absolute Gasteiger partial charge is 0.395 e. The van der Waals surface area contributed by atoms with Gasteiger partial charge in [-0.15, -0.1) is 0 Å². The van der Waals surface area contributed by atoms with Crippen molar-refractivity contribution in [3.8, 4) is 0 Å². The molecule has 2 unspecified atom stereocenters. The van der Waals surface area contributed by atoms with Gasteiger partial charge in [0, 0.05) is 11.6 Å². The summed E-state index contributed by atoms with van der Waals surface area (Å²) in [5.41, 5.74) is 0.395. The molecule has 1 fully saturated rings. The first-order valence-corrected chi connectivity index (χ1v) is 6.25. The van der Waals surface area contributed by atoms with Crippen LogP contribution in [0, 0.1) is 11.7 Å². The molecule has 1 saturated heterocycles. The number of aliphatic hydroxyl groups excluding tert-OH is 1. The van der Waals surface area contributed by atoms with Gasteiger partial charge in [0.05, 0.1) is 13.2 Å². The van der Waals surface area contributed by atoms with Crippen molar-refractivity contribution in [2.24, 2.45) is 5.92 Å². The number of Topliss-reactive ketones (excluding diaryl/α,β-unsaturated/α-hetero) is 1. The highest BCUT2D eigenvalue weighted by atomic mass is 19.1. The van der Waals surface area contributed by atoms with Crippen molar-refractivity contribution in [3.63, 3.8) is 0 Å². The lowest BCUT2D eigenvalue weighted by molar-refractivity contribution is 0.0865. The molecule has 0 bridgehead atoms. The van der Waals surface area contributed by atoms with Crippen LogP contribution in [-0.4, -0.2) is 41.5 Å². The van der Waals surface area contributed by atoms with Crippen LogP contribution in [0.2, 0.25) is 0 Å². The highest BCUT2D eigenvalue weighted by molar-refractivity contribution is 5.97. The average molecular weight is 251 g/mol. The van der Waals surface area contributed by atoms with Gasteiger partial charge in [-0.2, -0.15) is 0 Å². The summed E-state index contributed by atoms with van der Waals surface area (Å²) in [4.78, 5) is 14.0. The molecule has 0 spiro atoms. The van der Waals surface area contributed by atoms with Crippen LogP contribution in [0.15, 0.2) is 24.3 Å². The average Bonchev–Trinajstić information content (AvgIpc) is 2.69. The third-order valence-corrected chi connectivity index (χ3v) is 3.68. The van der Waals surface area contributed by atoms with Crippen molar-refractivity contribution < 1.29 is 14.3 Å². The minimum absolute atomic E-state index is 0.0440. The van der Waals surface area contributed by atoms with E-state index in [4.69, 9.17) is 0 Å². The van der Waals surface area contributed by atoms with E-state index >= 15 is 0 Å². The van der Waals surface area contributed by atoms with Crippen molar-refractivity contribution in [2.75, 3.05) is 19.7 Å². The maximum atomic E-state index is 13.0. The summed E-state index contributed by atoms with van der Waals surface area (Å²) >= 11 is 0. The Balaban J connectivity index is 2.03. The van der Waals surface area contributed by atoms with Gasteiger partial charge in [-0.05, 0) is 31.0 Å². The molecular formula is C14H18FNO2. The third-order valence-electron chi connectivity index (χ3n) is 3.68. The van der Waals surface area contributed by atoms with Gasteiger partial charge in [0.1, 0.15) is 5.82 Å². The lowest BCUT2D eigenvalue weighted by atomic mass is 10.0. The fraction of sp³-hybridized carbons (Fsp3) is 0.500. The SMILES string of the molecule is CC1CCN(CC(=O)c2cccc(F)c2)C1CO. The van der Waals surface area contributed by atoms with Gasteiger partial charge in [-0.1, -0.05) is 19.1 Å². The van der Waals surface area contributed by atoms with Crippen molar-refractivity contribution in [2.45, 2.75) is 19.4 Å². The highest BCUT2D eigenvalue weighted by Crippen LogP contribution is 2.23. The van der Waals surface area contributed by atoms with Crippen molar-refractivity contribution in [1.82, 2.24) is 4.90 Å². The van der Waals surface area contributed by atoms with Crippen LogP contribution < -0.4 is 0 Å². The number of ketones is 1. The molecule has 2 atom stereocenters. The molecule has 0 aromatic heterocycles. The van der Waals surface area contributed by atoms with Gasteiger partial charge in [0.15, 0.2) is 5.78 Å². The molecule has 1 heterocycles. The number of benzene rings is 1. The van der Waals surface area contributed by atoms with Crippen LogP contribution in [0.25, 0.3) is 0 Å². The Kier molecular flexibility index (Phi) is 4.09. The van der Waals surface area contributed by atoms with Gasteiger partial charge >= 0.3 is 0 Å². The van der Waals surface area contributed by atoms with Crippen molar-refractivity contribution in [1.29, 1.82) is 0 Å². The molecular weight excluding hydrogens is 233 g/mol. The second-order valence-corrected chi connectivity index (χ2v) is 4.92. The van der Waals surface area contributed by atoms with E-state index in [0.29, 0.717) is 11.5 Å². The summed E-state index contributed by atoms with van der Waals surface area (Å²) < 4.78 is 13.0. The zero-order valence-corrected chi connectivity index (χ0v) is 10.5. The number of halogens is 1. The van der Waals surface area contributed by atoms with Crippen LogP contribution in [-0.2, 0) is 0 Å². The lowest BCUT2D eigenvalue weighted by Gasteiger charge is -2.24. The van der Waals surface area contributed by atoms with Gasteiger partial charge in [-0.25, -0.2) is 4.39 Å². The van der Waals surface area contributed by atoms with Gasteiger partial charge in [0.2, 0.25) is 0 Å². The number of nitrogens with zero attached hydrogens (tertiary/aromatic N) is 1. The van der Waals surface area contributed by atoms with E-state index in [1.807, 2.05) is 4.90 Å². The first kappa shape index (κ1) is 13.2. The smallest absolute Gasteiger partial charge is 0.176 e. The van der Waals surface area contributed by atoms with Crippen molar-refractivity contribution in [3.05, 3.63) is 35.6 Å². The molecule has 0 radical (unpaired) electrons. The predicted molar refractivity (Wildman–Crippen MR) is 67.0 cm³/mol. The Morgan fingerprint density at radius 3 is 3.00 bits per heavy atom. The molecule has 3 nitrogen and oxygen atoms in total. The zero-order chi connectivity index (χ0) is 13.1. The molecule has 1 aliphatic rings. The Morgan fingerprint density at radius 1 is 1.56 bits per heavy atom. The summed E-state index contributed by atoms with van der Waals surface area (Å²) in [5.74, 6) is -0.0910. The molecule has 4 heteroatoms. The van der Waals surface area contributed by atoms with Gasteiger partial charge < -0.3 is 5.11 Å². The Morgan fingerprint density at radius 2 is 2.33 bits per heavy atom. The van der Waals surface area contributed by atoms with Gasteiger partial charge in [-0.3, -0.25) is 9.69 Å². The summed E-state index contributed by atoms with van der Waals surface area (Å²) in [6.07, 6.45) is 0.988. The topological polar surface area (TPSA) is 40.5 Å². The Labute approximate surface area is 106 Å². The molecule has 1 aliphatic heterocycles. The van der Waals surface area contributed by atoms with E-state index in [2.05, 4.69) is 6.92 Å². The second-order valence-electron chi connectivity index (χ2n) is 4.92. The summed E-state index contributed by atoms with van der Waals surface area (Å²) in [7, 11) is 0. The monoisotopic (exact) mass is 251 g/mol. The van der Waals surface area contributed by atoms with Crippen LogP contribution in [0.5, 0.6) is 0 Å². The number of carbonyl (C=O) groups excluding carboxylic acids is 1. The van der Waals surface area contributed by atoms with Gasteiger partial charge in [0.25, 0.3) is 0 Å². The second kappa shape index (κ2) is 5.59. The molecule has 1 aromatic carbocycles. The minimum atomic E-state index is -0.394. The molecule has 1 N–H and O–H groups in total. The Bertz CT molecular complexity index is 436. The minimum Gasteiger partial charge on any atom is -0.395 e. The lowest BCUT2D eigenvalue weighted by Crippen LogP contribution is -2.38. The fourth-order valence-electron chi connectivity index (χ4n) is 2.52. The standard InChI is InChI=1S/C14H18FNO2/c1-10-5-6-16(13(10)9-17)8-14(18)11-3-2-4-12(15)7-11/h2-4,7,10,13,17H,5-6,8-9H2,1H3. The highest BCUT2D eigenvalue weighted by Gasteiger charge is 2.31. The Hall–Kier alpha value is -1.26. The number of likely N-dealkylation sites (tertiary alicyclic amines) is 1. The van der Waals surface area contributed by atoms with Crippen LogP contribution in [0.4, 0.5) is 4.39 Å². The zero-order valence-electron chi connectivity index (χ0n) is 10.5. The molecule has 98 valence electrons. The number of aliphatic hydroxyl groups is 1. The molecule has 18 heavy (non-hydrogen) atoms. The maximum Gasteiger partial charge on any atom is 0.176 e. The molecule has 2 rings (SSSR count). The van der Waals surface area contributed by atoms with E-state index in [1.54, 1.807) is 12.1 Å². The summed E-state index contributed by atoms with van der Waals surface area (Å²) in [6.45, 7) is 3.21. The summed E-state index contributed by atoms with van der Waals surface area (Å²) in [6, 6.07) is 5.79.